The first kappa shape index (κ1) is 27.1. The molecule has 0 saturated carbocycles. The monoisotopic (exact) mass is 534 g/mol. The molecular formula is C29H34N4O2S2. The summed E-state index contributed by atoms with van der Waals surface area (Å²) in [5.74, 6) is 1.26. The molecule has 37 heavy (non-hydrogen) atoms. The van der Waals surface area contributed by atoms with Gasteiger partial charge in [-0.3, -0.25) is 4.57 Å². The smallest absolute Gasteiger partial charge is 0.241 e. The van der Waals surface area contributed by atoms with Crippen molar-refractivity contribution < 1.29 is 8.42 Å². The number of aromatic nitrogens is 3. The van der Waals surface area contributed by atoms with Gasteiger partial charge in [0, 0.05) is 11.4 Å². The summed E-state index contributed by atoms with van der Waals surface area (Å²) in [6.45, 7) is 12.2. The van der Waals surface area contributed by atoms with Crippen molar-refractivity contribution in [3.8, 4) is 5.69 Å². The number of sulfonamides is 1. The Morgan fingerprint density at radius 3 is 2.22 bits per heavy atom. The Balaban J connectivity index is 1.63. The molecular weight excluding hydrogens is 500 g/mol. The van der Waals surface area contributed by atoms with Crippen LogP contribution in [-0.4, -0.2) is 23.2 Å². The van der Waals surface area contributed by atoms with Crippen molar-refractivity contribution in [1.29, 1.82) is 0 Å². The van der Waals surface area contributed by atoms with E-state index in [4.69, 9.17) is 0 Å². The summed E-state index contributed by atoms with van der Waals surface area (Å²) in [4.78, 5) is 0.225. The molecule has 0 fully saturated rings. The Bertz CT molecular complexity index is 1470. The lowest BCUT2D eigenvalue weighted by Crippen LogP contribution is -2.29. The minimum absolute atomic E-state index is 0.0556. The van der Waals surface area contributed by atoms with E-state index in [1.807, 2.05) is 54.0 Å². The maximum atomic E-state index is 13.2. The molecule has 1 atom stereocenters. The minimum atomic E-state index is -3.76. The molecule has 0 saturated heterocycles. The van der Waals surface area contributed by atoms with Crippen molar-refractivity contribution in [2.45, 2.75) is 68.8 Å². The zero-order chi connectivity index (χ0) is 26.8. The van der Waals surface area contributed by atoms with Gasteiger partial charge in [-0.25, -0.2) is 13.1 Å². The number of rotatable bonds is 8. The summed E-state index contributed by atoms with van der Waals surface area (Å²) < 4.78 is 31.2. The lowest BCUT2D eigenvalue weighted by Gasteiger charge is -2.20. The van der Waals surface area contributed by atoms with Crippen LogP contribution in [0.4, 0.5) is 0 Å². The summed E-state index contributed by atoms with van der Waals surface area (Å²) in [6.07, 6.45) is 0. The van der Waals surface area contributed by atoms with E-state index >= 15 is 0 Å². The second kappa shape index (κ2) is 10.8. The molecule has 1 aromatic heterocycles. The van der Waals surface area contributed by atoms with E-state index in [2.05, 4.69) is 60.8 Å². The zero-order valence-corrected chi connectivity index (χ0v) is 23.8. The summed E-state index contributed by atoms with van der Waals surface area (Å²) in [7, 11) is -3.76. The Hall–Kier alpha value is -2.94. The molecule has 0 aliphatic carbocycles. The fourth-order valence-corrected chi connectivity index (χ4v) is 6.13. The van der Waals surface area contributed by atoms with Crippen molar-refractivity contribution in [3.05, 3.63) is 101 Å². The van der Waals surface area contributed by atoms with E-state index in [9.17, 15) is 8.42 Å². The first-order valence-electron chi connectivity index (χ1n) is 12.3. The highest BCUT2D eigenvalue weighted by Crippen LogP contribution is 2.29. The highest BCUT2D eigenvalue weighted by atomic mass is 32.2. The zero-order valence-electron chi connectivity index (χ0n) is 22.2. The van der Waals surface area contributed by atoms with Crippen LogP contribution in [0.15, 0.2) is 82.8 Å². The van der Waals surface area contributed by atoms with E-state index in [0.29, 0.717) is 11.0 Å². The molecule has 3 aromatic carbocycles. The van der Waals surface area contributed by atoms with E-state index < -0.39 is 16.1 Å². The van der Waals surface area contributed by atoms with Crippen molar-refractivity contribution >= 4 is 21.8 Å². The van der Waals surface area contributed by atoms with Crippen molar-refractivity contribution in [3.63, 3.8) is 0 Å². The topological polar surface area (TPSA) is 76.9 Å². The molecule has 0 bridgehead atoms. The lowest BCUT2D eigenvalue weighted by molar-refractivity contribution is 0.555. The predicted molar refractivity (Wildman–Crippen MR) is 151 cm³/mol. The molecule has 194 valence electrons. The van der Waals surface area contributed by atoms with Crippen LogP contribution in [-0.2, 0) is 21.2 Å². The van der Waals surface area contributed by atoms with Gasteiger partial charge in [-0.15, -0.1) is 10.2 Å². The average molecular weight is 535 g/mol. The number of hydrogen-bond donors (Lipinski definition) is 1. The van der Waals surface area contributed by atoms with Gasteiger partial charge in [-0.05, 0) is 61.6 Å². The molecule has 6 nitrogen and oxygen atoms in total. The minimum Gasteiger partial charge on any atom is -0.273 e. The van der Waals surface area contributed by atoms with E-state index in [0.717, 1.165) is 22.6 Å². The van der Waals surface area contributed by atoms with Gasteiger partial charge in [-0.2, -0.15) is 0 Å². The number of nitrogens with zero attached hydrogens (tertiary/aromatic N) is 3. The van der Waals surface area contributed by atoms with E-state index in [-0.39, 0.29) is 10.3 Å². The Morgan fingerprint density at radius 1 is 0.919 bits per heavy atom. The lowest BCUT2D eigenvalue weighted by atomic mass is 9.87. The molecule has 0 spiro atoms. The molecule has 4 aromatic rings. The fourth-order valence-electron chi connectivity index (χ4n) is 4.03. The number of hydrogen-bond acceptors (Lipinski definition) is 5. The number of aryl methyl sites for hydroxylation is 2. The van der Waals surface area contributed by atoms with Gasteiger partial charge in [0.2, 0.25) is 10.0 Å². The van der Waals surface area contributed by atoms with Crippen LogP contribution in [0.5, 0.6) is 0 Å². The summed E-state index contributed by atoms with van der Waals surface area (Å²) in [5, 5.41) is 9.60. The van der Waals surface area contributed by atoms with Crippen LogP contribution in [0.2, 0.25) is 0 Å². The first-order valence-corrected chi connectivity index (χ1v) is 14.7. The van der Waals surface area contributed by atoms with Crippen LogP contribution in [0.25, 0.3) is 5.69 Å². The normalized spacial score (nSPS) is 13.0. The van der Waals surface area contributed by atoms with Crippen molar-refractivity contribution in [2.24, 2.45) is 0 Å². The molecule has 0 aliphatic rings. The highest BCUT2D eigenvalue weighted by molar-refractivity contribution is 7.98. The molecule has 4 rings (SSSR count). The van der Waals surface area contributed by atoms with Gasteiger partial charge in [0.05, 0.1) is 10.9 Å². The largest absolute Gasteiger partial charge is 0.273 e. The molecule has 0 aliphatic heterocycles. The average Bonchev–Trinajstić information content (AvgIpc) is 3.27. The predicted octanol–water partition coefficient (Wildman–Crippen LogP) is 6.51. The van der Waals surface area contributed by atoms with Crippen LogP contribution >= 0.6 is 11.8 Å². The SMILES string of the molecule is Cc1ccc(-n2c(SCc3cccc(C)c3)nnc2C(C)NS(=O)(=O)c2ccc(C(C)(C)C)cc2)cc1. The third-order valence-corrected chi connectivity index (χ3v) is 8.71. The van der Waals surface area contributed by atoms with Gasteiger partial charge in [0.1, 0.15) is 0 Å². The number of nitrogens with one attached hydrogen (secondary N) is 1. The van der Waals surface area contributed by atoms with Crippen LogP contribution in [0.3, 0.4) is 0 Å². The summed E-state index contributed by atoms with van der Waals surface area (Å²) in [5.41, 5.74) is 5.45. The third-order valence-electron chi connectivity index (χ3n) is 6.15. The van der Waals surface area contributed by atoms with Gasteiger partial charge in [0.25, 0.3) is 0 Å². The van der Waals surface area contributed by atoms with Crippen molar-refractivity contribution in [1.82, 2.24) is 19.5 Å². The summed E-state index contributed by atoms with van der Waals surface area (Å²) in [6, 6.07) is 22.9. The Kier molecular flexibility index (Phi) is 7.92. The Morgan fingerprint density at radius 2 is 1.59 bits per heavy atom. The first-order chi connectivity index (χ1) is 17.4. The highest BCUT2D eigenvalue weighted by Gasteiger charge is 2.25. The molecule has 1 N–H and O–H groups in total. The fraction of sp³-hybridized carbons (Fsp3) is 0.310. The van der Waals surface area contributed by atoms with Gasteiger partial charge in [0.15, 0.2) is 11.0 Å². The van der Waals surface area contributed by atoms with Crippen LogP contribution < -0.4 is 4.72 Å². The molecule has 0 radical (unpaired) electrons. The molecule has 1 unspecified atom stereocenters. The summed E-state index contributed by atoms with van der Waals surface area (Å²) >= 11 is 1.58. The number of thioether (sulfide) groups is 1. The van der Waals surface area contributed by atoms with E-state index in [1.165, 1.54) is 11.1 Å². The second-order valence-corrected chi connectivity index (χ2v) is 13.1. The molecule has 1 heterocycles. The quantitative estimate of drug-likeness (QED) is 0.261. The maximum absolute atomic E-state index is 13.2. The van der Waals surface area contributed by atoms with Gasteiger partial charge >= 0.3 is 0 Å². The standard InChI is InChI=1S/C29H34N4O2S2/c1-20-10-14-25(15-11-20)33-27(30-31-28(33)36-19-23-9-7-8-21(2)18-23)22(3)32-37(34,35)26-16-12-24(13-17-26)29(4,5)6/h7-18,22,32H,19H2,1-6H3. The molecule has 8 heteroatoms. The van der Waals surface area contributed by atoms with Crippen LogP contribution in [0.1, 0.15) is 61.8 Å². The van der Waals surface area contributed by atoms with E-state index in [1.54, 1.807) is 30.8 Å². The number of benzene rings is 3. The molecule has 0 amide bonds. The second-order valence-electron chi connectivity index (χ2n) is 10.4. The Labute approximate surface area is 224 Å². The maximum Gasteiger partial charge on any atom is 0.241 e. The van der Waals surface area contributed by atoms with Crippen LogP contribution in [0, 0.1) is 13.8 Å². The third kappa shape index (κ3) is 6.50. The van der Waals surface area contributed by atoms with Gasteiger partial charge < -0.3 is 0 Å². The van der Waals surface area contributed by atoms with Gasteiger partial charge in [-0.1, -0.05) is 92.2 Å². The van der Waals surface area contributed by atoms with Crippen molar-refractivity contribution in [2.75, 3.05) is 0 Å².